The lowest BCUT2D eigenvalue weighted by atomic mass is 10.1. The fourth-order valence-electron chi connectivity index (χ4n) is 6.63. The molecule has 0 radical (unpaired) electrons. The van der Waals surface area contributed by atoms with Gasteiger partial charge in [0, 0.05) is 50.3 Å². The van der Waals surface area contributed by atoms with Gasteiger partial charge in [0.25, 0.3) is 0 Å². The van der Waals surface area contributed by atoms with E-state index < -0.39 is 0 Å². The number of para-hydroxylation sites is 3. The SMILES string of the molecule is c1ccc2c(c1)oc1cccc(-c3nc(-n4c5ccccc5c5cccnc54)nc(-n4c5ccccc5c5cccnc54)n3)c12. The van der Waals surface area contributed by atoms with Crippen LogP contribution in [0, 0.1) is 0 Å². The quantitative estimate of drug-likeness (QED) is 0.209. The molecule has 0 atom stereocenters. The van der Waals surface area contributed by atoms with Crippen LogP contribution in [0.1, 0.15) is 0 Å². The van der Waals surface area contributed by atoms with Crippen molar-refractivity contribution in [2.45, 2.75) is 0 Å². The van der Waals surface area contributed by atoms with Crippen molar-refractivity contribution in [3.63, 3.8) is 0 Å². The molecule has 8 heteroatoms. The summed E-state index contributed by atoms with van der Waals surface area (Å²) in [7, 11) is 0. The Morgan fingerprint density at radius 1 is 0.444 bits per heavy atom. The molecule has 10 aromatic rings. The smallest absolute Gasteiger partial charge is 0.241 e. The maximum Gasteiger partial charge on any atom is 0.241 e. The van der Waals surface area contributed by atoms with Crippen molar-refractivity contribution in [1.82, 2.24) is 34.1 Å². The minimum absolute atomic E-state index is 0.464. The van der Waals surface area contributed by atoms with Gasteiger partial charge < -0.3 is 4.42 Å². The minimum Gasteiger partial charge on any atom is -0.456 e. The van der Waals surface area contributed by atoms with Crippen molar-refractivity contribution >= 4 is 65.8 Å². The maximum absolute atomic E-state index is 6.25. The molecule has 0 fully saturated rings. The molecule has 0 saturated carbocycles. The summed E-state index contributed by atoms with van der Waals surface area (Å²) in [5, 5.41) is 6.16. The number of hydrogen-bond donors (Lipinski definition) is 0. The summed E-state index contributed by atoms with van der Waals surface area (Å²) in [4.78, 5) is 25.1. The zero-order valence-corrected chi connectivity index (χ0v) is 23.7. The number of rotatable bonds is 3. The van der Waals surface area contributed by atoms with E-state index in [-0.39, 0.29) is 0 Å². The van der Waals surface area contributed by atoms with Gasteiger partial charge in [-0.25, -0.2) is 9.97 Å². The second kappa shape index (κ2) is 9.05. The van der Waals surface area contributed by atoms with Crippen LogP contribution in [-0.2, 0) is 0 Å². The van der Waals surface area contributed by atoms with Crippen LogP contribution in [0.5, 0.6) is 0 Å². The Balaban J connectivity index is 1.36. The van der Waals surface area contributed by atoms with Crippen LogP contribution >= 0.6 is 0 Å². The summed E-state index contributed by atoms with van der Waals surface area (Å²) in [5.74, 6) is 1.45. The van der Waals surface area contributed by atoms with E-state index in [0.29, 0.717) is 17.7 Å². The summed E-state index contributed by atoms with van der Waals surface area (Å²) in [6.07, 6.45) is 3.60. The average Bonchev–Trinajstić information content (AvgIpc) is 3.76. The largest absolute Gasteiger partial charge is 0.456 e. The first-order valence-corrected chi connectivity index (χ1v) is 14.7. The fraction of sp³-hybridized carbons (Fsp3) is 0. The van der Waals surface area contributed by atoms with Gasteiger partial charge in [-0.15, -0.1) is 0 Å². The summed E-state index contributed by atoms with van der Waals surface area (Å²) < 4.78 is 10.3. The van der Waals surface area contributed by atoms with Gasteiger partial charge in [-0.3, -0.25) is 9.13 Å². The van der Waals surface area contributed by atoms with Crippen molar-refractivity contribution in [3.05, 3.63) is 128 Å². The average molecular weight is 580 g/mol. The number of hydrogen-bond acceptors (Lipinski definition) is 6. The molecule has 4 aromatic carbocycles. The first-order valence-electron chi connectivity index (χ1n) is 14.7. The van der Waals surface area contributed by atoms with Gasteiger partial charge in [0.15, 0.2) is 5.82 Å². The molecule has 10 rings (SSSR count). The molecule has 0 saturated heterocycles. The Bertz CT molecular complexity index is 2550. The van der Waals surface area contributed by atoms with Gasteiger partial charge in [-0.2, -0.15) is 15.0 Å². The molecule has 0 N–H and O–H groups in total. The highest BCUT2D eigenvalue weighted by atomic mass is 16.3. The second-order valence-electron chi connectivity index (χ2n) is 11.0. The van der Waals surface area contributed by atoms with Crippen LogP contribution in [-0.4, -0.2) is 34.1 Å². The van der Waals surface area contributed by atoms with Gasteiger partial charge in [-0.1, -0.05) is 66.7 Å². The molecule has 6 heterocycles. The van der Waals surface area contributed by atoms with Gasteiger partial charge in [0.05, 0.1) is 11.0 Å². The van der Waals surface area contributed by atoms with Crippen molar-refractivity contribution in [2.75, 3.05) is 0 Å². The van der Waals surface area contributed by atoms with Crippen molar-refractivity contribution in [1.29, 1.82) is 0 Å². The number of furan rings is 1. The lowest BCUT2D eigenvalue weighted by Crippen LogP contribution is -2.11. The van der Waals surface area contributed by atoms with Crippen LogP contribution in [0.25, 0.3) is 89.1 Å². The van der Waals surface area contributed by atoms with Gasteiger partial charge in [-0.05, 0) is 48.5 Å². The van der Waals surface area contributed by atoms with E-state index >= 15 is 0 Å². The standard InChI is InChI=1S/C37H21N7O/c1-4-16-28-22(10-1)24-14-8-20-38-34(24)43(28)36-40-33(27-13-7-19-31-32(27)26-12-3-6-18-30(26)45-31)41-37(42-36)44-29-17-5-2-11-23(29)25-15-9-21-39-35(25)44/h1-21H. The van der Waals surface area contributed by atoms with E-state index in [1.807, 2.05) is 81.9 Å². The minimum atomic E-state index is 0.464. The van der Waals surface area contributed by atoms with Gasteiger partial charge in [0.2, 0.25) is 11.9 Å². The molecular formula is C37H21N7O. The van der Waals surface area contributed by atoms with Gasteiger partial charge >= 0.3 is 0 Å². The third-order valence-corrected chi connectivity index (χ3v) is 8.52. The van der Waals surface area contributed by atoms with E-state index in [4.69, 9.17) is 29.3 Å². The first-order chi connectivity index (χ1) is 22.3. The normalized spacial score (nSPS) is 12.0. The van der Waals surface area contributed by atoms with E-state index in [1.165, 1.54) is 0 Å². The zero-order chi connectivity index (χ0) is 29.5. The molecule has 210 valence electrons. The number of benzene rings is 4. The molecule has 0 aliphatic rings. The highest BCUT2D eigenvalue weighted by Gasteiger charge is 2.22. The molecule has 0 bridgehead atoms. The van der Waals surface area contributed by atoms with Crippen molar-refractivity contribution in [3.8, 4) is 23.3 Å². The molecule has 0 amide bonds. The summed E-state index contributed by atoms with van der Waals surface area (Å²) >= 11 is 0. The van der Waals surface area contributed by atoms with Crippen LogP contribution < -0.4 is 0 Å². The highest BCUT2D eigenvalue weighted by Crippen LogP contribution is 2.37. The van der Waals surface area contributed by atoms with Gasteiger partial charge in [0.1, 0.15) is 22.5 Å². The molecule has 0 unspecified atom stereocenters. The monoisotopic (exact) mass is 579 g/mol. The third-order valence-electron chi connectivity index (χ3n) is 8.52. The fourth-order valence-corrected chi connectivity index (χ4v) is 6.63. The van der Waals surface area contributed by atoms with Crippen LogP contribution in [0.3, 0.4) is 0 Å². The molecule has 8 nitrogen and oxygen atoms in total. The zero-order valence-electron chi connectivity index (χ0n) is 23.7. The van der Waals surface area contributed by atoms with Crippen molar-refractivity contribution < 1.29 is 4.42 Å². The number of pyridine rings is 2. The maximum atomic E-state index is 6.25. The summed E-state index contributed by atoms with van der Waals surface area (Å²) in [5.41, 5.74) is 5.90. The Kier molecular flexibility index (Phi) is 4.84. The van der Waals surface area contributed by atoms with E-state index in [1.54, 1.807) is 12.4 Å². The molecule has 6 aromatic heterocycles. The molecular weight excluding hydrogens is 558 g/mol. The Morgan fingerprint density at radius 3 is 1.62 bits per heavy atom. The molecule has 45 heavy (non-hydrogen) atoms. The Morgan fingerprint density at radius 2 is 0.978 bits per heavy atom. The topological polar surface area (TPSA) is 87.5 Å². The second-order valence-corrected chi connectivity index (χ2v) is 11.0. The van der Waals surface area contributed by atoms with Crippen LogP contribution in [0.4, 0.5) is 0 Å². The van der Waals surface area contributed by atoms with E-state index in [0.717, 1.165) is 71.4 Å². The third kappa shape index (κ3) is 3.39. The van der Waals surface area contributed by atoms with E-state index in [2.05, 4.69) is 42.5 Å². The molecule has 0 aliphatic carbocycles. The number of aromatic nitrogens is 7. The summed E-state index contributed by atoms with van der Waals surface area (Å²) in [6, 6.07) is 38.6. The number of fused-ring (bicyclic) bond motifs is 9. The highest BCUT2D eigenvalue weighted by molar-refractivity contribution is 6.12. The van der Waals surface area contributed by atoms with E-state index in [9.17, 15) is 0 Å². The lowest BCUT2D eigenvalue weighted by Gasteiger charge is -2.12. The summed E-state index contributed by atoms with van der Waals surface area (Å²) in [6.45, 7) is 0. The predicted molar refractivity (Wildman–Crippen MR) is 177 cm³/mol. The Labute approximate surface area is 254 Å². The Hall–Kier alpha value is -6.41. The lowest BCUT2D eigenvalue weighted by molar-refractivity contribution is 0.669. The van der Waals surface area contributed by atoms with Crippen LogP contribution in [0.2, 0.25) is 0 Å². The number of nitrogens with zero attached hydrogens (tertiary/aromatic N) is 7. The predicted octanol–water partition coefficient (Wildman–Crippen LogP) is 8.42. The first kappa shape index (κ1) is 24.1. The molecule has 0 aliphatic heterocycles. The molecule has 0 spiro atoms. The van der Waals surface area contributed by atoms with Crippen LogP contribution in [0.15, 0.2) is 132 Å². The van der Waals surface area contributed by atoms with Crippen molar-refractivity contribution in [2.24, 2.45) is 0 Å².